The van der Waals surface area contributed by atoms with E-state index in [9.17, 15) is 14.9 Å². The molecule has 0 amide bonds. The van der Waals surface area contributed by atoms with Gasteiger partial charge in [-0.15, -0.1) is 0 Å². The first-order chi connectivity index (χ1) is 10.6. The summed E-state index contributed by atoms with van der Waals surface area (Å²) >= 11 is 0. The molecule has 0 unspecified atom stereocenters. The van der Waals surface area contributed by atoms with Gasteiger partial charge in [0.1, 0.15) is 0 Å². The normalized spacial score (nSPS) is 10.4. The second kappa shape index (κ2) is 5.61. The van der Waals surface area contributed by atoms with E-state index in [-0.39, 0.29) is 11.2 Å². The van der Waals surface area contributed by atoms with Crippen molar-refractivity contribution in [1.82, 2.24) is 9.55 Å². The maximum absolute atomic E-state index is 12.0. The van der Waals surface area contributed by atoms with Crippen LogP contribution < -0.4 is 5.56 Å². The van der Waals surface area contributed by atoms with Crippen LogP contribution in [0.15, 0.2) is 71.8 Å². The van der Waals surface area contributed by atoms with Gasteiger partial charge < -0.3 is 0 Å². The van der Waals surface area contributed by atoms with Gasteiger partial charge >= 0.3 is 0 Å². The van der Waals surface area contributed by atoms with E-state index < -0.39 is 4.92 Å². The average molecular weight is 293 g/mol. The fourth-order valence-electron chi connectivity index (χ4n) is 2.10. The molecule has 3 rings (SSSR count). The molecule has 0 aliphatic rings. The van der Waals surface area contributed by atoms with Crippen LogP contribution in [0.25, 0.3) is 16.9 Å². The molecule has 0 atom stereocenters. The third kappa shape index (κ3) is 2.62. The molecule has 0 N–H and O–H groups in total. The third-order valence-electron chi connectivity index (χ3n) is 3.21. The van der Waals surface area contributed by atoms with E-state index in [1.165, 1.54) is 35.0 Å². The summed E-state index contributed by atoms with van der Waals surface area (Å²) in [5.41, 5.74) is 1.77. The molecular weight excluding hydrogens is 282 g/mol. The van der Waals surface area contributed by atoms with E-state index in [0.717, 1.165) is 5.56 Å². The highest BCUT2D eigenvalue weighted by molar-refractivity contribution is 5.58. The Bertz CT molecular complexity index is 871. The van der Waals surface area contributed by atoms with Gasteiger partial charge in [-0.1, -0.05) is 30.3 Å². The summed E-state index contributed by atoms with van der Waals surface area (Å²) in [7, 11) is 0. The number of hydrogen-bond donors (Lipinski definition) is 0. The van der Waals surface area contributed by atoms with E-state index >= 15 is 0 Å². The van der Waals surface area contributed by atoms with Crippen LogP contribution in [0.2, 0.25) is 0 Å². The second-order valence-corrected chi connectivity index (χ2v) is 4.62. The molecule has 3 aromatic rings. The molecule has 0 spiro atoms. The summed E-state index contributed by atoms with van der Waals surface area (Å²) in [5.74, 6) is 0. The van der Waals surface area contributed by atoms with Gasteiger partial charge in [0.15, 0.2) is 0 Å². The lowest BCUT2D eigenvalue weighted by atomic mass is 10.1. The van der Waals surface area contributed by atoms with Crippen LogP contribution in [-0.2, 0) is 0 Å². The van der Waals surface area contributed by atoms with Crippen LogP contribution in [0.5, 0.6) is 0 Å². The number of nitro groups is 1. The molecule has 0 bridgehead atoms. The van der Waals surface area contributed by atoms with Gasteiger partial charge in [-0.2, -0.15) is 0 Å². The Morgan fingerprint density at radius 2 is 1.68 bits per heavy atom. The highest BCUT2D eigenvalue weighted by atomic mass is 16.6. The predicted octanol–water partition coefficient (Wildman–Crippen LogP) is 2.81. The highest BCUT2D eigenvalue weighted by Gasteiger charge is 2.08. The van der Waals surface area contributed by atoms with Crippen LogP contribution in [0.3, 0.4) is 0 Å². The van der Waals surface area contributed by atoms with Gasteiger partial charge in [-0.3, -0.25) is 19.5 Å². The van der Waals surface area contributed by atoms with Crippen molar-refractivity contribution in [1.29, 1.82) is 0 Å². The molecule has 108 valence electrons. The Morgan fingerprint density at radius 3 is 2.32 bits per heavy atom. The molecule has 0 saturated heterocycles. The van der Waals surface area contributed by atoms with Crippen molar-refractivity contribution in [3.63, 3.8) is 0 Å². The van der Waals surface area contributed by atoms with Gasteiger partial charge in [0.25, 0.3) is 11.2 Å². The van der Waals surface area contributed by atoms with E-state index in [0.29, 0.717) is 11.4 Å². The largest absolute Gasteiger partial charge is 0.281 e. The monoisotopic (exact) mass is 293 g/mol. The summed E-state index contributed by atoms with van der Waals surface area (Å²) in [6.07, 6.45) is 2.86. The first-order valence-electron chi connectivity index (χ1n) is 6.54. The Hall–Kier alpha value is -3.28. The van der Waals surface area contributed by atoms with Crippen molar-refractivity contribution in [2.45, 2.75) is 0 Å². The maximum atomic E-state index is 12.0. The zero-order valence-corrected chi connectivity index (χ0v) is 11.4. The van der Waals surface area contributed by atoms with Crippen molar-refractivity contribution < 1.29 is 4.92 Å². The molecular formula is C16H11N3O3. The smallest absolute Gasteiger partial charge is 0.273 e. The maximum Gasteiger partial charge on any atom is 0.273 e. The lowest BCUT2D eigenvalue weighted by Crippen LogP contribution is -2.17. The quantitative estimate of drug-likeness (QED) is 0.549. The van der Waals surface area contributed by atoms with Crippen LogP contribution in [0.4, 0.5) is 5.69 Å². The van der Waals surface area contributed by atoms with Crippen molar-refractivity contribution in [2.75, 3.05) is 0 Å². The molecule has 6 heteroatoms. The molecule has 6 nitrogen and oxygen atoms in total. The minimum absolute atomic E-state index is 0.0193. The number of rotatable bonds is 3. The Kier molecular flexibility index (Phi) is 3.49. The van der Waals surface area contributed by atoms with Crippen LogP contribution in [0.1, 0.15) is 0 Å². The lowest BCUT2D eigenvalue weighted by molar-refractivity contribution is -0.384. The molecule has 0 fully saturated rings. The molecule has 1 heterocycles. The minimum atomic E-state index is -0.478. The Morgan fingerprint density at radius 1 is 1.00 bits per heavy atom. The summed E-state index contributed by atoms with van der Waals surface area (Å²) in [6.45, 7) is 0. The van der Waals surface area contributed by atoms with E-state index in [1.807, 2.05) is 30.3 Å². The standard InChI is InChI=1S/C16H11N3O3/c20-16-10-17-15(12-4-2-1-3-5-12)11-18(16)13-6-8-14(9-7-13)19(21)22/h1-11H. The molecule has 0 aliphatic carbocycles. The number of hydrogen-bond acceptors (Lipinski definition) is 4. The molecule has 1 aromatic heterocycles. The molecule has 0 saturated carbocycles. The first kappa shape index (κ1) is 13.7. The van der Waals surface area contributed by atoms with Gasteiger partial charge in [-0.25, -0.2) is 4.98 Å². The predicted molar refractivity (Wildman–Crippen MR) is 81.9 cm³/mol. The van der Waals surface area contributed by atoms with Crippen molar-refractivity contribution >= 4 is 5.69 Å². The molecule has 0 radical (unpaired) electrons. The van der Waals surface area contributed by atoms with Crippen LogP contribution in [-0.4, -0.2) is 14.5 Å². The second-order valence-electron chi connectivity index (χ2n) is 4.62. The zero-order chi connectivity index (χ0) is 15.5. The topological polar surface area (TPSA) is 78.0 Å². The van der Waals surface area contributed by atoms with E-state index in [1.54, 1.807) is 6.20 Å². The van der Waals surface area contributed by atoms with Crippen LogP contribution in [0, 0.1) is 10.1 Å². The van der Waals surface area contributed by atoms with Crippen LogP contribution >= 0.6 is 0 Å². The first-order valence-corrected chi connectivity index (χ1v) is 6.54. The van der Waals surface area contributed by atoms with Gasteiger partial charge in [0.2, 0.25) is 0 Å². The Labute approximate surface area is 125 Å². The SMILES string of the molecule is O=c1cnc(-c2ccccc2)cn1-c1ccc([N+](=O)[O-])cc1. The number of non-ortho nitro benzene ring substituents is 1. The van der Waals surface area contributed by atoms with Crippen molar-refractivity contribution in [3.8, 4) is 16.9 Å². The number of nitrogens with zero attached hydrogens (tertiary/aromatic N) is 3. The van der Waals surface area contributed by atoms with Gasteiger partial charge in [-0.05, 0) is 12.1 Å². The fraction of sp³-hybridized carbons (Fsp3) is 0. The third-order valence-corrected chi connectivity index (χ3v) is 3.21. The Balaban J connectivity index is 2.07. The van der Waals surface area contributed by atoms with Crippen molar-refractivity contribution in [2.24, 2.45) is 0 Å². The lowest BCUT2D eigenvalue weighted by Gasteiger charge is -2.07. The summed E-state index contributed by atoms with van der Waals surface area (Å²) < 4.78 is 1.42. The fourth-order valence-corrected chi connectivity index (χ4v) is 2.10. The summed E-state index contributed by atoms with van der Waals surface area (Å²) in [6, 6.07) is 15.3. The molecule has 2 aromatic carbocycles. The average Bonchev–Trinajstić information content (AvgIpc) is 2.56. The molecule has 22 heavy (non-hydrogen) atoms. The minimum Gasteiger partial charge on any atom is -0.281 e. The van der Waals surface area contributed by atoms with Crippen molar-refractivity contribution in [3.05, 3.63) is 87.5 Å². The highest BCUT2D eigenvalue weighted by Crippen LogP contribution is 2.17. The van der Waals surface area contributed by atoms with E-state index in [4.69, 9.17) is 0 Å². The molecule has 0 aliphatic heterocycles. The number of aromatic nitrogens is 2. The number of benzene rings is 2. The van der Waals surface area contributed by atoms with Gasteiger partial charge in [0.05, 0.1) is 16.8 Å². The summed E-state index contributed by atoms with van der Waals surface area (Å²) in [5, 5.41) is 10.7. The summed E-state index contributed by atoms with van der Waals surface area (Å²) in [4.78, 5) is 26.3. The zero-order valence-electron chi connectivity index (χ0n) is 11.4. The van der Waals surface area contributed by atoms with Gasteiger partial charge in [0, 0.05) is 29.6 Å². The van der Waals surface area contributed by atoms with E-state index in [2.05, 4.69) is 4.98 Å². The number of nitro benzene ring substituents is 1.